The first-order chi connectivity index (χ1) is 8.77. The van der Waals surface area contributed by atoms with Gasteiger partial charge in [0.1, 0.15) is 5.01 Å². The molecular formula is C15H26N2S. The van der Waals surface area contributed by atoms with Crippen molar-refractivity contribution >= 4 is 11.3 Å². The Morgan fingerprint density at radius 1 is 1.22 bits per heavy atom. The van der Waals surface area contributed by atoms with Gasteiger partial charge in [-0.2, -0.15) is 0 Å². The van der Waals surface area contributed by atoms with Gasteiger partial charge in [-0.05, 0) is 32.7 Å². The molecule has 0 spiro atoms. The maximum absolute atomic E-state index is 4.79. The average molecular weight is 266 g/mol. The molecule has 1 heterocycles. The fraction of sp³-hybridized carbons (Fsp3) is 0.800. The maximum Gasteiger partial charge on any atom is 0.113 e. The van der Waals surface area contributed by atoms with Crippen molar-refractivity contribution in [1.29, 1.82) is 0 Å². The topological polar surface area (TPSA) is 24.9 Å². The molecular weight excluding hydrogens is 240 g/mol. The summed E-state index contributed by atoms with van der Waals surface area (Å²) in [6.45, 7) is 5.46. The van der Waals surface area contributed by atoms with E-state index in [1.54, 1.807) is 0 Å². The summed E-state index contributed by atoms with van der Waals surface area (Å²) in [7, 11) is 0. The van der Waals surface area contributed by atoms with Crippen molar-refractivity contribution in [3.05, 3.63) is 16.1 Å². The molecule has 0 radical (unpaired) electrons. The fourth-order valence-corrected chi connectivity index (χ4v) is 3.95. The van der Waals surface area contributed by atoms with Crippen molar-refractivity contribution < 1.29 is 0 Å². The lowest BCUT2D eigenvalue weighted by Gasteiger charge is -2.35. The van der Waals surface area contributed by atoms with Crippen LogP contribution in [0.5, 0.6) is 0 Å². The lowest BCUT2D eigenvalue weighted by molar-refractivity contribution is 0.252. The van der Waals surface area contributed by atoms with E-state index in [4.69, 9.17) is 4.98 Å². The molecule has 0 atom stereocenters. The van der Waals surface area contributed by atoms with Crippen molar-refractivity contribution in [3.8, 4) is 0 Å². The van der Waals surface area contributed by atoms with Crippen LogP contribution in [0.4, 0.5) is 0 Å². The quantitative estimate of drug-likeness (QED) is 0.874. The van der Waals surface area contributed by atoms with Crippen LogP contribution in [0.1, 0.15) is 69.0 Å². The van der Waals surface area contributed by atoms with Crippen LogP contribution in [0.25, 0.3) is 0 Å². The van der Waals surface area contributed by atoms with Crippen LogP contribution < -0.4 is 5.32 Å². The SMILES string of the molecule is CCCNC1(c2nc(C)cs2)CCCCCCC1. The highest BCUT2D eigenvalue weighted by molar-refractivity contribution is 7.09. The number of hydrogen-bond donors (Lipinski definition) is 1. The summed E-state index contributed by atoms with van der Waals surface area (Å²) in [5, 5.41) is 7.36. The molecule has 0 unspecified atom stereocenters. The molecule has 0 bridgehead atoms. The summed E-state index contributed by atoms with van der Waals surface area (Å²) in [5.41, 5.74) is 1.35. The van der Waals surface area contributed by atoms with Crippen molar-refractivity contribution in [2.24, 2.45) is 0 Å². The van der Waals surface area contributed by atoms with E-state index in [1.807, 2.05) is 11.3 Å². The van der Waals surface area contributed by atoms with Gasteiger partial charge < -0.3 is 5.32 Å². The molecule has 0 saturated heterocycles. The van der Waals surface area contributed by atoms with Gasteiger partial charge in [-0.1, -0.05) is 39.0 Å². The first-order valence-corrected chi connectivity index (χ1v) is 8.32. The Labute approximate surface area is 115 Å². The molecule has 102 valence electrons. The van der Waals surface area contributed by atoms with E-state index in [0.717, 1.165) is 6.54 Å². The molecule has 1 N–H and O–H groups in total. The Morgan fingerprint density at radius 3 is 2.44 bits per heavy atom. The van der Waals surface area contributed by atoms with Crippen LogP contribution in [0.15, 0.2) is 5.38 Å². The first kappa shape index (κ1) is 14.0. The van der Waals surface area contributed by atoms with E-state index in [0.29, 0.717) is 0 Å². The molecule has 1 aliphatic carbocycles. The lowest BCUT2D eigenvalue weighted by atomic mass is 9.84. The molecule has 1 saturated carbocycles. The minimum Gasteiger partial charge on any atom is -0.305 e. The summed E-state index contributed by atoms with van der Waals surface area (Å²) in [6, 6.07) is 0. The summed E-state index contributed by atoms with van der Waals surface area (Å²) >= 11 is 1.85. The predicted molar refractivity (Wildman–Crippen MR) is 79.1 cm³/mol. The van der Waals surface area contributed by atoms with Crippen LogP contribution in [-0.4, -0.2) is 11.5 Å². The second-order valence-corrected chi connectivity index (χ2v) is 6.43. The third kappa shape index (κ3) is 3.33. The molecule has 3 heteroatoms. The third-order valence-corrected chi connectivity index (χ3v) is 5.11. The van der Waals surface area contributed by atoms with E-state index in [-0.39, 0.29) is 5.54 Å². The zero-order valence-corrected chi connectivity index (χ0v) is 12.6. The minimum absolute atomic E-state index is 0.176. The van der Waals surface area contributed by atoms with Crippen LogP contribution in [0.2, 0.25) is 0 Å². The number of nitrogens with zero attached hydrogens (tertiary/aromatic N) is 1. The van der Waals surface area contributed by atoms with Gasteiger partial charge >= 0.3 is 0 Å². The molecule has 0 aromatic carbocycles. The zero-order valence-electron chi connectivity index (χ0n) is 11.8. The Kier molecular flexibility index (Phi) is 5.19. The van der Waals surface area contributed by atoms with E-state index in [9.17, 15) is 0 Å². The normalized spacial score (nSPS) is 20.3. The van der Waals surface area contributed by atoms with Crippen LogP contribution in [0.3, 0.4) is 0 Å². The smallest absolute Gasteiger partial charge is 0.113 e. The van der Waals surface area contributed by atoms with Crippen LogP contribution in [-0.2, 0) is 5.54 Å². The Morgan fingerprint density at radius 2 is 1.89 bits per heavy atom. The van der Waals surface area contributed by atoms with Gasteiger partial charge in [0.15, 0.2) is 0 Å². The largest absolute Gasteiger partial charge is 0.305 e. The van der Waals surface area contributed by atoms with Crippen molar-refractivity contribution in [2.75, 3.05) is 6.54 Å². The van der Waals surface area contributed by atoms with Crippen LogP contribution >= 0.6 is 11.3 Å². The van der Waals surface area contributed by atoms with E-state index in [1.165, 1.54) is 62.1 Å². The number of nitrogens with one attached hydrogen (secondary N) is 1. The molecule has 18 heavy (non-hydrogen) atoms. The second-order valence-electron chi connectivity index (χ2n) is 5.57. The van der Waals surface area contributed by atoms with Gasteiger partial charge in [0.25, 0.3) is 0 Å². The number of thiazole rings is 1. The van der Waals surface area contributed by atoms with Gasteiger partial charge in [0, 0.05) is 11.1 Å². The Balaban J connectivity index is 2.19. The summed E-state index contributed by atoms with van der Waals surface area (Å²) in [5.74, 6) is 0. The second kappa shape index (κ2) is 6.67. The van der Waals surface area contributed by atoms with E-state index < -0.39 is 0 Å². The summed E-state index contributed by atoms with van der Waals surface area (Å²) < 4.78 is 0. The molecule has 2 rings (SSSR count). The van der Waals surface area contributed by atoms with Gasteiger partial charge in [-0.3, -0.25) is 0 Å². The highest BCUT2D eigenvalue weighted by atomic mass is 32.1. The average Bonchev–Trinajstić information content (AvgIpc) is 2.76. The van der Waals surface area contributed by atoms with E-state index in [2.05, 4.69) is 24.5 Å². The Hall–Kier alpha value is -0.410. The Bertz CT molecular complexity index is 346. The van der Waals surface area contributed by atoms with Gasteiger partial charge in [0.05, 0.1) is 5.54 Å². The van der Waals surface area contributed by atoms with Crippen molar-refractivity contribution in [1.82, 2.24) is 10.3 Å². The molecule has 1 aromatic rings. The van der Waals surface area contributed by atoms with Crippen LogP contribution in [0, 0.1) is 6.92 Å². The van der Waals surface area contributed by atoms with Gasteiger partial charge in [-0.25, -0.2) is 4.98 Å². The summed E-state index contributed by atoms with van der Waals surface area (Å²) in [6.07, 6.45) is 10.6. The molecule has 0 aliphatic heterocycles. The number of rotatable bonds is 4. The first-order valence-electron chi connectivity index (χ1n) is 7.44. The number of aryl methyl sites for hydroxylation is 1. The maximum atomic E-state index is 4.79. The predicted octanol–water partition coefficient (Wildman–Crippen LogP) is 4.39. The third-order valence-electron chi connectivity index (χ3n) is 3.95. The molecule has 1 aliphatic rings. The number of hydrogen-bond acceptors (Lipinski definition) is 3. The molecule has 2 nitrogen and oxygen atoms in total. The fourth-order valence-electron chi connectivity index (χ4n) is 2.91. The van der Waals surface area contributed by atoms with E-state index >= 15 is 0 Å². The standard InChI is InChI=1S/C15H26N2S/c1-3-11-16-15(14-17-13(2)12-18-14)9-7-5-4-6-8-10-15/h12,16H,3-11H2,1-2H3. The van der Waals surface area contributed by atoms with Gasteiger partial charge in [-0.15, -0.1) is 11.3 Å². The van der Waals surface area contributed by atoms with Crippen molar-refractivity contribution in [2.45, 2.75) is 70.8 Å². The molecule has 1 fully saturated rings. The highest BCUT2D eigenvalue weighted by Gasteiger charge is 2.34. The summed E-state index contributed by atoms with van der Waals surface area (Å²) in [4.78, 5) is 4.79. The van der Waals surface area contributed by atoms with Gasteiger partial charge in [0.2, 0.25) is 0 Å². The number of aromatic nitrogens is 1. The lowest BCUT2D eigenvalue weighted by Crippen LogP contribution is -2.43. The molecule has 0 amide bonds. The zero-order chi connectivity index (χ0) is 12.8. The monoisotopic (exact) mass is 266 g/mol. The highest BCUT2D eigenvalue weighted by Crippen LogP contribution is 2.36. The van der Waals surface area contributed by atoms with Crippen molar-refractivity contribution in [3.63, 3.8) is 0 Å². The minimum atomic E-state index is 0.176. The molecule has 1 aromatic heterocycles.